The second-order valence-electron chi connectivity index (χ2n) is 2.54. The minimum Gasteiger partial charge on any atom is -0.375 e. The fourth-order valence-corrected chi connectivity index (χ4v) is 0.660. The molecule has 0 saturated carbocycles. The average Bonchev–Trinajstić information content (AvgIpc) is 2.11. The molecule has 0 spiro atoms. The Kier molecular flexibility index (Phi) is 5.68. The van der Waals surface area contributed by atoms with Crippen molar-refractivity contribution in [3.8, 4) is 0 Å². The molecule has 0 aromatic heterocycles. The summed E-state index contributed by atoms with van der Waals surface area (Å²) in [6.45, 7) is -0.537. The lowest BCUT2D eigenvalue weighted by Crippen LogP contribution is -2.41. The van der Waals surface area contributed by atoms with Crippen LogP contribution < -0.4 is 10.6 Å². The van der Waals surface area contributed by atoms with Gasteiger partial charge in [-0.3, -0.25) is 9.59 Å². The fourth-order valence-electron chi connectivity index (χ4n) is 0.660. The van der Waals surface area contributed by atoms with Gasteiger partial charge in [-0.05, 0) is 0 Å². The lowest BCUT2D eigenvalue weighted by Gasteiger charge is -2.08. The van der Waals surface area contributed by atoms with Crippen molar-refractivity contribution in [2.45, 2.75) is 6.18 Å². The highest BCUT2D eigenvalue weighted by Crippen LogP contribution is 2.13. The smallest absolute Gasteiger partial charge is 0.375 e. The first kappa shape index (κ1) is 13.7. The molecule has 0 aliphatic heterocycles. The van der Waals surface area contributed by atoms with Crippen molar-refractivity contribution in [1.29, 1.82) is 0 Å². The van der Waals surface area contributed by atoms with E-state index in [1.807, 2.05) is 0 Å². The summed E-state index contributed by atoms with van der Waals surface area (Å²) in [6.07, 6.45) is -4.89. The molecule has 88 valence electrons. The van der Waals surface area contributed by atoms with E-state index in [0.29, 0.717) is 0 Å². The maximum atomic E-state index is 11.6. The van der Waals surface area contributed by atoms with Gasteiger partial charge >= 0.3 is 12.1 Å². The van der Waals surface area contributed by atoms with E-state index in [9.17, 15) is 22.8 Å². The summed E-state index contributed by atoms with van der Waals surface area (Å²) in [5.41, 5.74) is 0. The van der Waals surface area contributed by atoms with Gasteiger partial charge in [0.15, 0.2) is 0 Å². The quantitative estimate of drug-likeness (QED) is 0.619. The van der Waals surface area contributed by atoms with Crippen molar-refractivity contribution in [2.24, 2.45) is 0 Å². The molecule has 5 nitrogen and oxygen atoms in total. The third-order valence-corrected chi connectivity index (χ3v) is 1.27. The van der Waals surface area contributed by atoms with Gasteiger partial charge in [-0.15, -0.1) is 0 Å². The molecule has 15 heavy (non-hydrogen) atoms. The minimum absolute atomic E-state index is 0.0794. The van der Waals surface area contributed by atoms with Crippen molar-refractivity contribution >= 4 is 11.8 Å². The molecular formula is C7H11F3N2O3. The molecule has 0 radical (unpaired) electrons. The van der Waals surface area contributed by atoms with Crippen molar-refractivity contribution in [3.05, 3.63) is 0 Å². The predicted molar refractivity (Wildman–Crippen MR) is 44.0 cm³/mol. The average molecular weight is 228 g/mol. The van der Waals surface area contributed by atoms with E-state index in [4.69, 9.17) is 0 Å². The van der Waals surface area contributed by atoms with Crippen LogP contribution >= 0.6 is 0 Å². The van der Waals surface area contributed by atoms with Crippen LogP contribution in [0.3, 0.4) is 0 Å². The molecule has 0 aliphatic carbocycles. The van der Waals surface area contributed by atoms with E-state index in [1.54, 1.807) is 5.32 Å². The van der Waals surface area contributed by atoms with Crippen molar-refractivity contribution in [2.75, 3.05) is 26.8 Å². The number of hydrogen-bond acceptors (Lipinski definition) is 3. The molecular weight excluding hydrogens is 217 g/mol. The second-order valence-corrected chi connectivity index (χ2v) is 2.54. The highest BCUT2D eigenvalue weighted by molar-refractivity contribution is 5.81. The highest BCUT2D eigenvalue weighted by atomic mass is 19.4. The lowest BCUT2D eigenvalue weighted by molar-refractivity contribution is -0.173. The summed E-state index contributed by atoms with van der Waals surface area (Å²) in [6, 6.07) is 0. The van der Waals surface area contributed by atoms with Gasteiger partial charge in [0, 0.05) is 20.2 Å². The first-order chi connectivity index (χ1) is 6.88. The second kappa shape index (κ2) is 6.23. The number of carbonyl (C=O) groups excluding carboxylic acids is 2. The van der Waals surface area contributed by atoms with Gasteiger partial charge < -0.3 is 15.4 Å². The van der Waals surface area contributed by atoms with Crippen LogP contribution in [0, 0.1) is 0 Å². The number of alkyl halides is 3. The van der Waals surface area contributed by atoms with E-state index in [0.717, 1.165) is 0 Å². The van der Waals surface area contributed by atoms with Gasteiger partial charge in [-0.2, -0.15) is 13.2 Å². The standard InChI is InChI=1S/C7H11F3N2O3/c1-15-4-5(13)11-2-3-12-6(14)7(8,9)10/h2-4H2,1H3,(H,11,13)(H,12,14). The number of rotatable bonds is 5. The first-order valence-corrected chi connectivity index (χ1v) is 3.98. The van der Waals surface area contributed by atoms with Crippen molar-refractivity contribution in [3.63, 3.8) is 0 Å². The van der Waals surface area contributed by atoms with E-state index in [2.05, 4.69) is 10.1 Å². The maximum absolute atomic E-state index is 11.6. The van der Waals surface area contributed by atoms with Crippen LogP contribution in [0.25, 0.3) is 0 Å². The molecule has 0 atom stereocenters. The molecule has 2 amide bonds. The molecule has 0 fully saturated rings. The Hall–Kier alpha value is -1.31. The van der Waals surface area contributed by atoms with Gasteiger partial charge in [-0.1, -0.05) is 0 Å². The zero-order chi connectivity index (χ0) is 11.9. The molecule has 0 aromatic carbocycles. The van der Waals surface area contributed by atoms with Gasteiger partial charge in [0.1, 0.15) is 6.61 Å². The number of hydrogen-bond donors (Lipinski definition) is 2. The van der Waals surface area contributed by atoms with E-state index in [1.165, 1.54) is 7.11 Å². The Morgan fingerprint density at radius 1 is 1.20 bits per heavy atom. The van der Waals surface area contributed by atoms with Crippen LogP contribution in [-0.4, -0.2) is 44.8 Å². The monoisotopic (exact) mass is 228 g/mol. The lowest BCUT2D eigenvalue weighted by atomic mass is 10.5. The van der Waals surface area contributed by atoms with Crippen LogP contribution in [0.1, 0.15) is 0 Å². The van der Waals surface area contributed by atoms with Crippen LogP contribution in [0.15, 0.2) is 0 Å². The first-order valence-electron chi connectivity index (χ1n) is 3.98. The zero-order valence-electron chi connectivity index (χ0n) is 7.98. The molecule has 0 heterocycles. The van der Waals surface area contributed by atoms with Gasteiger partial charge in [0.05, 0.1) is 0 Å². The predicted octanol–water partition coefficient (Wildman–Crippen LogP) is -0.573. The summed E-state index contributed by atoms with van der Waals surface area (Å²) < 4.78 is 39.4. The molecule has 0 rings (SSSR count). The van der Waals surface area contributed by atoms with Gasteiger partial charge in [0.25, 0.3) is 0 Å². The Morgan fingerprint density at radius 3 is 2.20 bits per heavy atom. The normalized spacial score (nSPS) is 10.9. The third kappa shape index (κ3) is 6.72. The number of ether oxygens (including phenoxy) is 1. The highest BCUT2D eigenvalue weighted by Gasteiger charge is 2.38. The molecule has 2 N–H and O–H groups in total. The number of amides is 2. The Bertz CT molecular complexity index is 230. The van der Waals surface area contributed by atoms with Gasteiger partial charge in [0.2, 0.25) is 5.91 Å². The van der Waals surface area contributed by atoms with E-state index in [-0.39, 0.29) is 19.7 Å². The van der Waals surface area contributed by atoms with Crippen LogP contribution in [0.2, 0.25) is 0 Å². The molecule has 0 unspecified atom stereocenters. The Morgan fingerprint density at radius 2 is 1.73 bits per heavy atom. The minimum atomic E-state index is -4.89. The molecule has 0 aromatic rings. The summed E-state index contributed by atoms with van der Waals surface area (Å²) in [5.74, 6) is -2.48. The van der Waals surface area contributed by atoms with E-state index < -0.39 is 18.0 Å². The van der Waals surface area contributed by atoms with Crippen LogP contribution in [-0.2, 0) is 14.3 Å². The van der Waals surface area contributed by atoms with E-state index >= 15 is 0 Å². The Balaban J connectivity index is 3.55. The summed E-state index contributed by atoms with van der Waals surface area (Å²) in [5, 5.41) is 3.84. The SMILES string of the molecule is COCC(=O)NCCNC(=O)C(F)(F)F. The number of nitrogens with one attached hydrogen (secondary N) is 2. The largest absolute Gasteiger partial charge is 0.471 e. The maximum Gasteiger partial charge on any atom is 0.471 e. The fraction of sp³-hybridized carbons (Fsp3) is 0.714. The number of halogens is 3. The molecule has 8 heteroatoms. The topological polar surface area (TPSA) is 67.4 Å². The molecule has 0 saturated heterocycles. The number of carbonyl (C=O) groups is 2. The third-order valence-electron chi connectivity index (χ3n) is 1.27. The summed E-state index contributed by atoms with van der Waals surface area (Å²) in [4.78, 5) is 21.0. The van der Waals surface area contributed by atoms with Crippen LogP contribution in [0.5, 0.6) is 0 Å². The van der Waals surface area contributed by atoms with Crippen molar-refractivity contribution < 1.29 is 27.5 Å². The molecule has 0 bridgehead atoms. The van der Waals surface area contributed by atoms with Crippen LogP contribution in [0.4, 0.5) is 13.2 Å². The summed E-state index contributed by atoms with van der Waals surface area (Å²) in [7, 11) is 1.31. The number of methoxy groups -OCH3 is 1. The zero-order valence-corrected chi connectivity index (χ0v) is 7.98. The summed E-state index contributed by atoms with van der Waals surface area (Å²) >= 11 is 0. The Labute approximate surface area is 84.0 Å². The van der Waals surface area contributed by atoms with Crippen molar-refractivity contribution in [1.82, 2.24) is 10.6 Å². The van der Waals surface area contributed by atoms with Gasteiger partial charge in [-0.25, -0.2) is 0 Å². The molecule has 0 aliphatic rings.